The van der Waals surface area contributed by atoms with Gasteiger partial charge in [0.05, 0.1) is 24.1 Å². The quantitative estimate of drug-likeness (QED) is 0.481. The molecule has 0 bridgehead atoms. The Kier molecular flexibility index (Phi) is 6.58. The zero-order valence-corrected chi connectivity index (χ0v) is 18.6. The van der Waals surface area contributed by atoms with E-state index in [0.717, 1.165) is 4.90 Å². The van der Waals surface area contributed by atoms with E-state index in [9.17, 15) is 18.0 Å². The van der Waals surface area contributed by atoms with E-state index < -0.39 is 22.0 Å². The maximum atomic E-state index is 13.2. The zero-order valence-electron chi connectivity index (χ0n) is 16.9. The average Bonchev–Trinajstić information content (AvgIpc) is 3.05. The van der Waals surface area contributed by atoms with Gasteiger partial charge in [0, 0.05) is 13.6 Å². The Hall–Kier alpha value is -3.02. The van der Waals surface area contributed by atoms with Crippen LogP contribution < -0.4 is 20.1 Å². The number of primary sulfonamides is 1. The van der Waals surface area contributed by atoms with Crippen molar-refractivity contribution < 1.29 is 22.7 Å². The number of nitrogens with zero attached hydrogens (tertiary/aromatic N) is 2. The minimum Gasteiger partial charge on any atom is -0.497 e. The van der Waals surface area contributed by atoms with Crippen LogP contribution in [-0.4, -0.2) is 50.4 Å². The number of imide groups is 1. The van der Waals surface area contributed by atoms with E-state index in [0.29, 0.717) is 22.1 Å². The van der Waals surface area contributed by atoms with Crippen LogP contribution in [0.5, 0.6) is 5.75 Å². The van der Waals surface area contributed by atoms with Crippen LogP contribution in [0.25, 0.3) is 0 Å². The Bertz CT molecular complexity index is 1100. The highest BCUT2D eigenvalue weighted by atomic mass is 32.2. The highest BCUT2D eigenvalue weighted by Crippen LogP contribution is 2.28. The van der Waals surface area contributed by atoms with Crippen LogP contribution in [0, 0.1) is 0 Å². The molecule has 31 heavy (non-hydrogen) atoms. The number of nitrogens with two attached hydrogens (primary N) is 1. The molecule has 1 fully saturated rings. The van der Waals surface area contributed by atoms with Crippen LogP contribution in [0.1, 0.15) is 12.0 Å². The Morgan fingerprint density at radius 1 is 1.19 bits per heavy atom. The molecule has 0 aliphatic carbocycles. The largest absolute Gasteiger partial charge is 0.497 e. The molecule has 0 saturated carbocycles. The first-order valence-corrected chi connectivity index (χ1v) is 11.2. The lowest BCUT2D eigenvalue weighted by Gasteiger charge is -2.29. The van der Waals surface area contributed by atoms with E-state index in [-0.39, 0.29) is 23.8 Å². The molecule has 2 aromatic carbocycles. The van der Waals surface area contributed by atoms with E-state index in [1.165, 1.54) is 19.2 Å². The maximum absolute atomic E-state index is 13.2. The summed E-state index contributed by atoms with van der Waals surface area (Å²) < 4.78 is 28.0. The number of carbonyl (C=O) groups excluding carboxylic acids is 2. The van der Waals surface area contributed by atoms with Crippen LogP contribution in [0.3, 0.4) is 0 Å². The van der Waals surface area contributed by atoms with Gasteiger partial charge in [0.25, 0.3) is 5.91 Å². The molecule has 11 heteroatoms. The zero-order chi connectivity index (χ0) is 22.8. The monoisotopic (exact) mass is 462 g/mol. The molecular formula is C20H22N4O5S2. The van der Waals surface area contributed by atoms with Crippen molar-refractivity contribution in [3.05, 3.63) is 54.1 Å². The molecule has 1 aliphatic heterocycles. The molecular weight excluding hydrogens is 440 g/mol. The minimum absolute atomic E-state index is 0.0169. The molecule has 1 atom stereocenters. The fourth-order valence-electron chi connectivity index (χ4n) is 3.31. The molecule has 1 heterocycles. The van der Waals surface area contributed by atoms with Crippen molar-refractivity contribution >= 4 is 44.9 Å². The lowest BCUT2D eigenvalue weighted by molar-refractivity contribution is -0.122. The molecule has 1 saturated heterocycles. The third kappa shape index (κ3) is 4.84. The predicted molar refractivity (Wildman–Crippen MR) is 119 cm³/mol. The molecule has 1 aliphatic rings. The van der Waals surface area contributed by atoms with Crippen molar-refractivity contribution in [1.29, 1.82) is 0 Å². The van der Waals surface area contributed by atoms with Gasteiger partial charge >= 0.3 is 0 Å². The van der Waals surface area contributed by atoms with Crippen LogP contribution >= 0.6 is 12.2 Å². The normalized spacial score (nSPS) is 16.4. The molecule has 0 unspecified atom stereocenters. The lowest BCUT2D eigenvalue weighted by atomic mass is 10.1. The number of sulfonamides is 1. The minimum atomic E-state index is -3.81. The van der Waals surface area contributed by atoms with E-state index in [1.807, 2.05) is 0 Å². The topological polar surface area (TPSA) is 122 Å². The molecule has 3 rings (SSSR count). The number of hydrogen-bond acceptors (Lipinski definition) is 6. The Balaban J connectivity index is 1.86. The summed E-state index contributed by atoms with van der Waals surface area (Å²) in [5.41, 5.74) is 1.15. The molecule has 3 N–H and O–H groups in total. The Morgan fingerprint density at radius 3 is 2.32 bits per heavy atom. The second-order valence-corrected chi connectivity index (χ2v) is 8.81. The van der Waals surface area contributed by atoms with Crippen molar-refractivity contribution in [3.8, 4) is 5.75 Å². The van der Waals surface area contributed by atoms with Gasteiger partial charge in [-0.25, -0.2) is 18.5 Å². The van der Waals surface area contributed by atoms with E-state index in [1.54, 1.807) is 48.3 Å². The van der Waals surface area contributed by atoms with Crippen LogP contribution in [0.2, 0.25) is 0 Å². The van der Waals surface area contributed by atoms with Gasteiger partial charge in [0.2, 0.25) is 15.9 Å². The van der Waals surface area contributed by atoms with Crippen LogP contribution in [-0.2, 0) is 26.2 Å². The van der Waals surface area contributed by atoms with Crippen LogP contribution in [0.15, 0.2) is 53.4 Å². The molecule has 0 spiro atoms. The van der Waals surface area contributed by atoms with E-state index in [4.69, 9.17) is 22.1 Å². The van der Waals surface area contributed by atoms with Crippen molar-refractivity contribution in [2.75, 3.05) is 19.1 Å². The molecule has 2 aromatic rings. The predicted octanol–water partition coefficient (Wildman–Crippen LogP) is 0.981. The third-order valence-electron chi connectivity index (χ3n) is 4.91. The van der Waals surface area contributed by atoms with Gasteiger partial charge < -0.3 is 15.0 Å². The van der Waals surface area contributed by atoms with E-state index >= 15 is 0 Å². The molecule has 0 aromatic heterocycles. The summed E-state index contributed by atoms with van der Waals surface area (Å²) in [6, 6.07) is 11.8. The van der Waals surface area contributed by atoms with Crippen LogP contribution in [0.4, 0.5) is 5.69 Å². The number of amides is 2. The van der Waals surface area contributed by atoms with Gasteiger partial charge in [-0.15, -0.1) is 0 Å². The summed E-state index contributed by atoms with van der Waals surface area (Å²) in [6.07, 6.45) is -0.0397. The Labute approximate surface area is 185 Å². The van der Waals surface area contributed by atoms with Gasteiger partial charge in [-0.3, -0.25) is 9.59 Å². The van der Waals surface area contributed by atoms with Gasteiger partial charge in [0.1, 0.15) is 11.8 Å². The van der Waals surface area contributed by atoms with Crippen molar-refractivity contribution in [3.63, 3.8) is 0 Å². The second-order valence-electron chi connectivity index (χ2n) is 6.86. The number of thiocarbonyl (C=S) groups is 1. The number of carbonyl (C=O) groups is 2. The van der Waals surface area contributed by atoms with Gasteiger partial charge in [-0.2, -0.15) is 0 Å². The highest BCUT2D eigenvalue weighted by molar-refractivity contribution is 7.89. The number of anilines is 1. The number of ether oxygens (including phenoxy) is 1. The lowest BCUT2D eigenvalue weighted by Crippen LogP contribution is -2.48. The smallest absolute Gasteiger partial charge is 0.257 e. The summed E-state index contributed by atoms with van der Waals surface area (Å²) in [4.78, 5) is 28.6. The average molecular weight is 463 g/mol. The highest BCUT2D eigenvalue weighted by Gasteiger charge is 2.43. The van der Waals surface area contributed by atoms with Gasteiger partial charge in [0.15, 0.2) is 5.11 Å². The van der Waals surface area contributed by atoms with Crippen molar-refractivity contribution in [2.45, 2.75) is 23.9 Å². The number of nitrogens with one attached hydrogen (secondary N) is 1. The first-order valence-electron chi connectivity index (χ1n) is 9.26. The summed E-state index contributed by atoms with van der Waals surface area (Å²) in [6.45, 7) is 0.199. The third-order valence-corrected chi connectivity index (χ3v) is 6.28. The number of benzene rings is 2. The Morgan fingerprint density at radius 2 is 1.81 bits per heavy atom. The maximum Gasteiger partial charge on any atom is 0.257 e. The molecule has 164 valence electrons. The summed E-state index contributed by atoms with van der Waals surface area (Å²) in [5.74, 6) is -0.122. The summed E-state index contributed by atoms with van der Waals surface area (Å²) in [7, 11) is -0.652. The number of hydrogen-bond donors (Lipinski definition) is 2. The fraction of sp³-hybridized carbons (Fsp3) is 0.250. The molecule has 0 radical (unpaired) electrons. The SMILES string of the molecule is CNC(=S)N(Cc1ccc(S(N)(=O)=O)cc1)[C@H]1CC(=O)N(c2ccc(OC)cc2)C1=O. The number of methoxy groups -OCH3 is 1. The fourth-order valence-corrected chi connectivity index (χ4v) is 4.02. The summed E-state index contributed by atoms with van der Waals surface area (Å²) in [5, 5.41) is 8.27. The van der Waals surface area contributed by atoms with Crippen molar-refractivity contribution in [1.82, 2.24) is 10.2 Å². The molecule has 9 nitrogen and oxygen atoms in total. The van der Waals surface area contributed by atoms with Crippen molar-refractivity contribution in [2.24, 2.45) is 5.14 Å². The first-order chi connectivity index (χ1) is 14.7. The van der Waals surface area contributed by atoms with E-state index in [2.05, 4.69) is 5.32 Å². The summed E-state index contributed by atoms with van der Waals surface area (Å²) >= 11 is 5.38. The second kappa shape index (κ2) is 9.00. The molecule has 2 amide bonds. The van der Waals surface area contributed by atoms with Gasteiger partial charge in [-0.05, 0) is 54.2 Å². The standard InChI is InChI=1S/C20H22N4O5S2/c1-22-20(30)23(12-13-3-9-16(10-4-13)31(21,27)28)17-11-18(25)24(19(17)26)14-5-7-15(29-2)8-6-14/h3-10,17H,11-12H2,1-2H3,(H,22,30)(H2,21,27,28)/t17-/m0/s1. The first kappa shape index (κ1) is 22.7. The van der Waals surface area contributed by atoms with Gasteiger partial charge in [-0.1, -0.05) is 12.1 Å². The number of rotatable bonds is 6.